The minimum absolute atomic E-state index is 0.199. The summed E-state index contributed by atoms with van der Waals surface area (Å²) in [5.41, 5.74) is 2.44. The summed E-state index contributed by atoms with van der Waals surface area (Å²) in [4.78, 5) is 0. The fraction of sp³-hybridized carbons (Fsp3) is 0.353. The lowest BCUT2D eigenvalue weighted by Gasteiger charge is -2.10. The fourth-order valence-corrected chi connectivity index (χ4v) is 2.52. The van der Waals surface area contributed by atoms with E-state index in [0.29, 0.717) is 0 Å². The van der Waals surface area contributed by atoms with Gasteiger partial charge in [-0.3, -0.25) is 4.68 Å². The Morgan fingerprint density at radius 2 is 2.10 bits per heavy atom. The maximum atomic E-state index is 5.75. The van der Waals surface area contributed by atoms with E-state index >= 15 is 0 Å². The van der Waals surface area contributed by atoms with Gasteiger partial charge < -0.3 is 9.30 Å². The number of nitrogens with zero attached hydrogens (tertiary/aromatic N) is 3. The van der Waals surface area contributed by atoms with Crippen LogP contribution in [0.15, 0.2) is 42.9 Å². The lowest BCUT2D eigenvalue weighted by Crippen LogP contribution is -2.05. The number of benzene rings is 1. The van der Waals surface area contributed by atoms with Crippen molar-refractivity contribution in [3.05, 3.63) is 48.4 Å². The molecule has 4 nitrogen and oxygen atoms in total. The molecule has 110 valence electrons. The molecule has 0 N–H and O–H groups in total. The smallest absolute Gasteiger partial charge is 0.120 e. The average Bonchev–Trinajstić information content (AvgIpc) is 3.06. The first-order valence-corrected chi connectivity index (χ1v) is 7.42. The second-order valence-electron chi connectivity index (χ2n) is 5.54. The van der Waals surface area contributed by atoms with E-state index in [1.165, 1.54) is 16.5 Å². The van der Waals surface area contributed by atoms with Gasteiger partial charge in [0.15, 0.2) is 0 Å². The predicted octanol–water partition coefficient (Wildman–Crippen LogP) is 3.69. The zero-order chi connectivity index (χ0) is 14.8. The number of hydrogen-bond donors (Lipinski definition) is 0. The van der Waals surface area contributed by atoms with E-state index in [4.69, 9.17) is 4.74 Å². The zero-order valence-corrected chi connectivity index (χ0v) is 12.8. The number of ether oxygens (including phenoxy) is 1. The van der Waals surface area contributed by atoms with Crippen LogP contribution in [-0.4, -0.2) is 20.5 Å². The third kappa shape index (κ3) is 2.94. The Hall–Kier alpha value is -2.23. The molecule has 0 aliphatic rings. The molecule has 0 radical (unpaired) electrons. The van der Waals surface area contributed by atoms with E-state index in [0.717, 1.165) is 18.8 Å². The molecule has 1 aromatic carbocycles. The van der Waals surface area contributed by atoms with Crippen LogP contribution < -0.4 is 4.74 Å². The minimum Gasteiger partial charge on any atom is -0.491 e. The molecule has 0 unspecified atom stereocenters. The van der Waals surface area contributed by atoms with Crippen molar-refractivity contribution in [2.45, 2.75) is 40.0 Å². The van der Waals surface area contributed by atoms with Crippen LogP contribution in [0, 0.1) is 0 Å². The molecule has 4 heteroatoms. The molecule has 0 atom stereocenters. The molecule has 0 amide bonds. The highest BCUT2D eigenvalue weighted by atomic mass is 16.5. The summed E-state index contributed by atoms with van der Waals surface area (Å²) in [7, 11) is 0. The van der Waals surface area contributed by atoms with Crippen LogP contribution in [0.4, 0.5) is 0 Å². The Morgan fingerprint density at radius 3 is 2.81 bits per heavy atom. The molecule has 2 aromatic heterocycles. The van der Waals surface area contributed by atoms with Gasteiger partial charge in [0.25, 0.3) is 0 Å². The molecule has 0 fully saturated rings. The Labute approximate surface area is 124 Å². The van der Waals surface area contributed by atoms with Gasteiger partial charge in [0, 0.05) is 35.4 Å². The topological polar surface area (TPSA) is 32.0 Å². The minimum atomic E-state index is 0.199. The summed E-state index contributed by atoms with van der Waals surface area (Å²) in [6, 6.07) is 8.39. The first kappa shape index (κ1) is 13.7. The lowest BCUT2D eigenvalue weighted by atomic mass is 10.2. The first-order chi connectivity index (χ1) is 10.2. The highest BCUT2D eigenvalue weighted by molar-refractivity contribution is 5.81. The van der Waals surface area contributed by atoms with Crippen LogP contribution in [0.1, 0.15) is 26.3 Å². The van der Waals surface area contributed by atoms with Gasteiger partial charge in [0.1, 0.15) is 5.75 Å². The number of fused-ring (bicyclic) bond motifs is 1. The van der Waals surface area contributed by atoms with Crippen LogP contribution in [0.5, 0.6) is 5.75 Å². The quantitative estimate of drug-likeness (QED) is 0.715. The molecule has 0 bridgehead atoms. The van der Waals surface area contributed by atoms with Gasteiger partial charge >= 0.3 is 0 Å². The maximum Gasteiger partial charge on any atom is 0.120 e. The third-order valence-corrected chi connectivity index (χ3v) is 3.48. The van der Waals surface area contributed by atoms with Gasteiger partial charge in [-0.1, -0.05) is 0 Å². The van der Waals surface area contributed by atoms with Crippen molar-refractivity contribution in [3.63, 3.8) is 0 Å². The zero-order valence-electron chi connectivity index (χ0n) is 12.8. The lowest BCUT2D eigenvalue weighted by molar-refractivity contribution is 0.243. The molecular weight excluding hydrogens is 262 g/mol. The highest BCUT2D eigenvalue weighted by Gasteiger charge is 2.06. The normalized spacial score (nSPS) is 11.4. The Bertz CT molecular complexity index is 739. The van der Waals surface area contributed by atoms with Gasteiger partial charge in [-0.25, -0.2) is 0 Å². The van der Waals surface area contributed by atoms with E-state index in [1.807, 2.05) is 30.8 Å². The molecule has 21 heavy (non-hydrogen) atoms. The predicted molar refractivity (Wildman–Crippen MR) is 84.7 cm³/mol. The van der Waals surface area contributed by atoms with Crippen LogP contribution >= 0.6 is 0 Å². The number of hydrogen-bond acceptors (Lipinski definition) is 2. The van der Waals surface area contributed by atoms with Gasteiger partial charge in [0.05, 0.1) is 18.8 Å². The largest absolute Gasteiger partial charge is 0.491 e. The summed E-state index contributed by atoms with van der Waals surface area (Å²) in [5.74, 6) is 0.925. The van der Waals surface area contributed by atoms with Crippen molar-refractivity contribution in [3.8, 4) is 5.75 Å². The van der Waals surface area contributed by atoms with Gasteiger partial charge in [-0.05, 0) is 45.0 Å². The monoisotopic (exact) mass is 283 g/mol. The standard InChI is InChI=1S/C17H21N3O/c1-4-20-12-14(10-18-20)11-19-8-7-15-9-16(21-13(2)3)5-6-17(15)19/h5-10,12-13H,4,11H2,1-3H3. The van der Waals surface area contributed by atoms with Crippen molar-refractivity contribution in [2.24, 2.45) is 0 Å². The van der Waals surface area contributed by atoms with Crippen molar-refractivity contribution < 1.29 is 4.74 Å². The van der Waals surface area contributed by atoms with Crippen LogP contribution in [-0.2, 0) is 13.1 Å². The Balaban J connectivity index is 1.86. The summed E-state index contributed by atoms with van der Waals surface area (Å²) >= 11 is 0. The van der Waals surface area contributed by atoms with E-state index in [9.17, 15) is 0 Å². The van der Waals surface area contributed by atoms with Crippen LogP contribution in [0.25, 0.3) is 10.9 Å². The highest BCUT2D eigenvalue weighted by Crippen LogP contribution is 2.23. The van der Waals surface area contributed by atoms with E-state index in [2.05, 4.69) is 47.2 Å². The fourth-order valence-electron chi connectivity index (χ4n) is 2.52. The summed E-state index contributed by atoms with van der Waals surface area (Å²) in [6.07, 6.45) is 6.35. The SMILES string of the molecule is CCn1cc(Cn2ccc3cc(OC(C)C)ccc32)cn1. The molecule has 2 heterocycles. The van der Waals surface area contributed by atoms with E-state index < -0.39 is 0 Å². The average molecular weight is 283 g/mol. The van der Waals surface area contributed by atoms with Crippen LogP contribution in [0.3, 0.4) is 0 Å². The Kier molecular flexibility index (Phi) is 3.69. The van der Waals surface area contributed by atoms with Crippen molar-refractivity contribution in [1.82, 2.24) is 14.3 Å². The summed E-state index contributed by atoms with van der Waals surface area (Å²) < 4.78 is 9.94. The second-order valence-corrected chi connectivity index (χ2v) is 5.54. The molecule has 3 rings (SSSR count). The molecule has 0 aliphatic carbocycles. The summed E-state index contributed by atoms with van der Waals surface area (Å²) in [6.45, 7) is 7.93. The first-order valence-electron chi connectivity index (χ1n) is 7.42. The van der Waals surface area contributed by atoms with Gasteiger partial charge in [-0.2, -0.15) is 5.10 Å². The van der Waals surface area contributed by atoms with E-state index in [-0.39, 0.29) is 6.10 Å². The Morgan fingerprint density at radius 1 is 1.24 bits per heavy atom. The molecule has 0 spiro atoms. The molecule has 0 saturated carbocycles. The summed E-state index contributed by atoms with van der Waals surface area (Å²) in [5, 5.41) is 5.53. The van der Waals surface area contributed by atoms with Crippen molar-refractivity contribution >= 4 is 10.9 Å². The molecule has 3 aromatic rings. The van der Waals surface area contributed by atoms with E-state index in [1.54, 1.807) is 0 Å². The van der Waals surface area contributed by atoms with Crippen molar-refractivity contribution in [1.29, 1.82) is 0 Å². The second kappa shape index (κ2) is 5.64. The third-order valence-electron chi connectivity index (χ3n) is 3.48. The van der Waals surface area contributed by atoms with Gasteiger partial charge in [-0.15, -0.1) is 0 Å². The number of rotatable bonds is 5. The van der Waals surface area contributed by atoms with Gasteiger partial charge in [0.2, 0.25) is 0 Å². The van der Waals surface area contributed by atoms with Crippen LogP contribution in [0.2, 0.25) is 0 Å². The van der Waals surface area contributed by atoms with Crippen molar-refractivity contribution in [2.75, 3.05) is 0 Å². The molecular formula is C17H21N3O. The maximum absolute atomic E-state index is 5.75. The molecule has 0 aliphatic heterocycles. The number of aryl methyl sites for hydroxylation is 1. The molecule has 0 saturated heterocycles. The number of aromatic nitrogens is 3.